The quantitative estimate of drug-likeness (QED) is 0.671. The first-order valence-electron chi connectivity index (χ1n) is 4.95. The van der Waals surface area contributed by atoms with Crippen molar-refractivity contribution in [1.29, 1.82) is 0 Å². The van der Waals surface area contributed by atoms with Gasteiger partial charge in [-0.15, -0.1) is 4.91 Å². The summed E-state index contributed by atoms with van der Waals surface area (Å²) in [6.07, 6.45) is 1.04. The molecule has 0 aliphatic carbocycles. The number of benzene rings is 1. The van der Waals surface area contributed by atoms with Crippen LogP contribution in [0.5, 0.6) is 0 Å². The highest BCUT2D eigenvalue weighted by Crippen LogP contribution is 2.29. The van der Waals surface area contributed by atoms with Crippen LogP contribution in [0.4, 0.5) is 0 Å². The minimum Gasteiger partial charge on any atom is -0.260 e. The van der Waals surface area contributed by atoms with Crippen molar-refractivity contribution < 1.29 is 0 Å². The molecule has 0 spiro atoms. The van der Waals surface area contributed by atoms with Gasteiger partial charge in [0.05, 0.1) is 5.29 Å². The van der Waals surface area contributed by atoms with Crippen molar-refractivity contribution in [2.75, 3.05) is 13.1 Å². The van der Waals surface area contributed by atoms with Crippen LogP contribution >= 0.6 is 0 Å². The normalized spacial score (nSPS) is 21.2. The van der Waals surface area contributed by atoms with Crippen molar-refractivity contribution in [3.8, 4) is 0 Å². The van der Waals surface area contributed by atoms with Crippen molar-refractivity contribution >= 4 is 0 Å². The Hall–Kier alpha value is -1.38. The number of rotatable bonds is 2. The largest absolute Gasteiger partial charge is 0.260 e. The van der Waals surface area contributed by atoms with Crippen molar-refractivity contribution in [1.82, 2.24) is 5.01 Å². The lowest BCUT2D eigenvalue weighted by Gasteiger charge is -2.12. The number of hydrogen-bond acceptors (Lipinski definition) is 2. The summed E-state index contributed by atoms with van der Waals surface area (Å²) in [7, 11) is 0. The molecular weight excluding hydrogens is 176 g/mol. The summed E-state index contributed by atoms with van der Waals surface area (Å²) in [5, 5.41) is 4.58. The molecule has 1 aromatic rings. The Morgan fingerprint density at radius 2 is 2.21 bits per heavy atom. The Morgan fingerprint density at radius 1 is 1.43 bits per heavy atom. The van der Waals surface area contributed by atoms with Crippen LogP contribution in [0, 0.1) is 11.8 Å². The SMILES string of the molecule is Cc1ccccc1C1CCN(N=O)C1. The molecule has 1 heterocycles. The van der Waals surface area contributed by atoms with Crippen LogP contribution in [0.25, 0.3) is 0 Å². The van der Waals surface area contributed by atoms with Gasteiger partial charge < -0.3 is 0 Å². The van der Waals surface area contributed by atoms with Gasteiger partial charge in [0.1, 0.15) is 0 Å². The molecule has 0 saturated carbocycles. The van der Waals surface area contributed by atoms with Crippen LogP contribution < -0.4 is 0 Å². The molecule has 0 radical (unpaired) electrons. The smallest absolute Gasteiger partial charge is 0.0524 e. The van der Waals surface area contributed by atoms with Crippen molar-refractivity contribution in [2.24, 2.45) is 5.29 Å². The molecule has 0 amide bonds. The molecule has 3 nitrogen and oxygen atoms in total. The maximum atomic E-state index is 10.3. The first-order chi connectivity index (χ1) is 6.81. The second kappa shape index (κ2) is 3.78. The molecule has 1 aliphatic heterocycles. The average Bonchev–Trinajstić information content (AvgIpc) is 2.67. The van der Waals surface area contributed by atoms with Crippen molar-refractivity contribution in [3.05, 3.63) is 40.3 Å². The van der Waals surface area contributed by atoms with Gasteiger partial charge in [0.25, 0.3) is 0 Å². The predicted molar refractivity (Wildman–Crippen MR) is 55.9 cm³/mol. The fourth-order valence-corrected chi connectivity index (χ4v) is 2.11. The van der Waals surface area contributed by atoms with Gasteiger partial charge in [-0.1, -0.05) is 24.3 Å². The van der Waals surface area contributed by atoms with Gasteiger partial charge in [0.2, 0.25) is 0 Å². The van der Waals surface area contributed by atoms with Crippen molar-refractivity contribution in [3.63, 3.8) is 0 Å². The molecule has 14 heavy (non-hydrogen) atoms. The fraction of sp³-hybridized carbons (Fsp3) is 0.455. The van der Waals surface area contributed by atoms with Gasteiger partial charge in [-0.3, -0.25) is 5.01 Å². The summed E-state index contributed by atoms with van der Waals surface area (Å²) in [5.41, 5.74) is 2.67. The third-order valence-electron chi connectivity index (χ3n) is 2.91. The van der Waals surface area contributed by atoms with E-state index in [1.807, 2.05) is 6.07 Å². The highest BCUT2D eigenvalue weighted by atomic mass is 16.3. The monoisotopic (exact) mass is 190 g/mol. The van der Waals surface area contributed by atoms with E-state index in [1.165, 1.54) is 11.1 Å². The van der Waals surface area contributed by atoms with E-state index in [4.69, 9.17) is 0 Å². The minimum absolute atomic E-state index is 0.480. The summed E-state index contributed by atoms with van der Waals surface area (Å²) < 4.78 is 0. The van der Waals surface area contributed by atoms with Crippen molar-refractivity contribution in [2.45, 2.75) is 19.3 Å². The summed E-state index contributed by atoms with van der Waals surface area (Å²) in [6, 6.07) is 8.36. The van der Waals surface area contributed by atoms with E-state index in [-0.39, 0.29) is 0 Å². The summed E-state index contributed by atoms with van der Waals surface area (Å²) in [5.74, 6) is 0.480. The minimum atomic E-state index is 0.480. The zero-order valence-corrected chi connectivity index (χ0v) is 8.31. The first kappa shape index (κ1) is 9.19. The molecule has 0 aromatic heterocycles. The highest BCUT2D eigenvalue weighted by molar-refractivity contribution is 5.30. The molecule has 1 saturated heterocycles. The Labute approximate surface area is 83.7 Å². The van der Waals surface area contributed by atoms with E-state index >= 15 is 0 Å². The maximum absolute atomic E-state index is 10.3. The van der Waals surface area contributed by atoms with Gasteiger partial charge in [-0.2, -0.15) is 0 Å². The van der Waals surface area contributed by atoms with E-state index in [2.05, 4.69) is 30.4 Å². The third-order valence-corrected chi connectivity index (χ3v) is 2.91. The van der Waals surface area contributed by atoms with Gasteiger partial charge in [-0.05, 0) is 24.5 Å². The van der Waals surface area contributed by atoms with Gasteiger partial charge >= 0.3 is 0 Å². The molecule has 1 fully saturated rings. The van der Waals surface area contributed by atoms with Crippen LogP contribution in [-0.4, -0.2) is 18.1 Å². The molecule has 0 N–H and O–H groups in total. The molecule has 0 bridgehead atoms. The predicted octanol–water partition coefficient (Wildman–Crippen LogP) is 2.47. The van der Waals surface area contributed by atoms with Crippen LogP contribution in [0.3, 0.4) is 0 Å². The van der Waals surface area contributed by atoms with Crippen LogP contribution in [0.15, 0.2) is 29.6 Å². The molecule has 1 aromatic carbocycles. The molecule has 3 heteroatoms. The number of hydrogen-bond donors (Lipinski definition) is 0. The Bertz CT molecular complexity index is 338. The fourth-order valence-electron chi connectivity index (χ4n) is 2.11. The van der Waals surface area contributed by atoms with E-state index in [9.17, 15) is 4.91 Å². The van der Waals surface area contributed by atoms with Gasteiger partial charge in [-0.25, -0.2) is 0 Å². The lowest BCUT2D eigenvalue weighted by Crippen LogP contribution is -2.12. The third kappa shape index (κ3) is 1.62. The summed E-state index contributed by atoms with van der Waals surface area (Å²) >= 11 is 0. The maximum Gasteiger partial charge on any atom is 0.0524 e. The van der Waals surface area contributed by atoms with E-state index in [0.29, 0.717) is 5.92 Å². The molecule has 74 valence electrons. The molecule has 1 aliphatic rings. The van der Waals surface area contributed by atoms with E-state index in [1.54, 1.807) is 5.01 Å². The molecule has 2 rings (SSSR count). The number of aryl methyl sites for hydroxylation is 1. The van der Waals surface area contributed by atoms with Crippen LogP contribution in [0.2, 0.25) is 0 Å². The zero-order chi connectivity index (χ0) is 9.97. The second-order valence-corrected chi connectivity index (χ2v) is 3.84. The number of nitrogens with zero attached hydrogens (tertiary/aromatic N) is 2. The van der Waals surface area contributed by atoms with Crippen LogP contribution in [0.1, 0.15) is 23.5 Å². The molecule has 1 atom stereocenters. The standard InChI is InChI=1S/C11H14N2O/c1-9-4-2-3-5-11(9)10-6-7-13(8-10)12-14/h2-5,10H,6-8H2,1H3. The second-order valence-electron chi connectivity index (χ2n) is 3.84. The van der Waals surface area contributed by atoms with Gasteiger partial charge in [0, 0.05) is 19.0 Å². The first-order valence-corrected chi connectivity index (χ1v) is 4.95. The van der Waals surface area contributed by atoms with E-state index in [0.717, 1.165) is 19.5 Å². The Morgan fingerprint density at radius 3 is 2.86 bits per heavy atom. The average molecular weight is 190 g/mol. The molecule has 1 unspecified atom stereocenters. The number of nitroso groups, excluding NO2 is 1. The Balaban J connectivity index is 2.17. The van der Waals surface area contributed by atoms with Gasteiger partial charge in [0.15, 0.2) is 0 Å². The zero-order valence-electron chi connectivity index (χ0n) is 8.31. The van der Waals surface area contributed by atoms with E-state index < -0.39 is 0 Å². The Kier molecular flexibility index (Phi) is 2.48. The van der Waals surface area contributed by atoms with Crippen LogP contribution in [-0.2, 0) is 0 Å². The topological polar surface area (TPSA) is 32.7 Å². The summed E-state index contributed by atoms with van der Waals surface area (Å²) in [4.78, 5) is 10.3. The molecular formula is C11H14N2O. The highest BCUT2D eigenvalue weighted by Gasteiger charge is 2.24. The summed E-state index contributed by atoms with van der Waals surface area (Å²) in [6.45, 7) is 3.68. The lowest BCUT2D eigenvalue weighted by atomic mass is 9.94. The lowest BCUT2D eigenvalue weighted by molar-refractivity contribution is 0.350.